The smallest absolute Gasteiger partial charge is 0.328 e. The maximum Gasteiger partial charge on any atom is 0.337 e. The van der Waals surface area contributed by atoms with Crippen LogP contribution in [-0.2, 0) is 20.8 Å². The maximum absolute atomic E-state index is 11.9. The molecule has 0 aliphatic carbocycles. The van der Waals surface area contributed by atoms with Crippen molar-refractivity contribution in [1.82, 2.24) is 18.7 Å². The van der Waals surface area contributed by atoms with E-state index in [9.17, 15) is 19.7 Å². The monoisotopic (exact) mass is 239 g/mol. The van der Waals surface area contributed by atoms with E-state index in [0.29, 0.717) is 4.57 Å². The largest absolute Gasteiger partial charge is 0.337 e. The van der Waals surface area contributed by atoms with Crippen LogP contribution in [0.25, 0.3) is 11.2 Å². The Balaban J connectivity index is 2.94. The third-order valence-electron chi connectivity index (χ3n) is 2.46. The molecule has 0 atom stereocenters. The van der Waals surface area contributed by atoms with Gasteiger partial charge in [0.15, 0.2) is 11.2 Å². The number of aryl methyl sites for hydroxylation is 2. The molecule has 0 unspecified atom stereocenters. The lowest BCUT2D eigenvalue weighted by molar-refractivity contribution is -0.515. The van der Waals surface area contributed by atoms with Crippen LogP contribution < -0.4 is 11.2 Å². The number of fused-ring (bicyclic) bond motifs is 1. The SMILES string of the molecule is Cn1cnc2c1c(=O)n(C[N+](=O)[O-])c(=O)n2C. The van der Waals surface area contributed by atoms with Gasteiger partial charge in [-0.3, -0.25) is 19.5 Å². The fourth-order valence-electron chi connectivity index (χ4n) is 1.64. The Labute approximate surface area is 93.7 Å². The maximum atomic E-state index is 11.9. The van der Waals surface area contributed by atoms with Crippen LogP contribution in [0.4, 0.5) is 0 Å². The van der Waals surface area contributed by atoms with Gasteiger partial charge in [0.2, 0.25) is 0 Å². The normalized spacial score (nSPS) is 10.9. The highest BCUT2D eigenvalue weighted by molar-refractivity contribution is 5.69. The van der Waals surface area contributed by atoms with Gasteiger partial charge in [0.25, 0.3) is 12.2 Å². The summed E-state index contributed by atoms with van der Waals surface area (Å²) in [6, 6.07) is 0. The van der Waals surface area contributed by atoms with E-state index in [0.717, 1.165) is 4.57 Å². The van der Waals surface area contributed by atoms with Crippen molar-refractivity contribution < 1.29 is 4.92 Å². The van der Waals surface area contributed by atoms with Gasteiger partial charge in [-0.15, -0.1) is 0 Å². The molecule has 2 aromatic heterocycles. The summed E-state index contributed by atoms with van der Waals surface area (Å²) in [5, 5.41) is 10.4. The van der Waals surface area contributed by atoms with E-state index >= 15 is 0 Å². The Morgan fingerprint density at radius 2 is 2.06 bits per heavy atom. The molecular formula is C8H9N5O4. The van der Waals surface area contributed by atoms with E-state index in [1.54, 1.807) is 7.05 Å². The summed E-state index contributed by atoms with van der Waals surface area (Å²) in [5.74, 6) is 0. The average Bonchev–Trinajstić information content (AvgIpc) is 2.63. The molecule has 0 bridgehead atoms. The molecule has 9 heteroatoms. The first-order valence-electron chi connectivity index (χ1n) is 4.66. The van der Waals surface area contributed by atoms with Gasteiger partial charge in [0, 0.05) is 19.0 Å². The second kappa shape index (κ2) is 3.54. The summed E-state index contributed by atoms with van der Waals surface area (Å²) in [6.45, 7) is -0.855. The molecule has 17 heavy (non-hydrogen) atoms. The van der Waals surface area contributed by atoms with Crippen molar-refractivity contribution in [3.8, 4) is 0 Å². The van der Waals surface area contributed by atoms with Gasteiger partial charge in [-0.25, -0.2) is 9.78 Å². The summed E-state index contributed by atoms with van der Waals surface area (Å²) >= 11 is 0. The van der Waals surface area contributed by atoms with Crippen molar-refractivity contribution in [1.29, 1.82) is 0 Å². The molecule has 2 heterocycles. The van der Waals surface area contributed by atoms with Crippen molar-refractivity contribution in [2.45, 2.75) is 6.67 Å². The number of rotatable bonds is 2. The summed E-state index contributed by atoms with van der Waals surface area (Å²) in [7, 11) is 2.99. The van der Waals surface area contributed by atoms with E-state index in [1.165, 1.54) is 17.9 Å². The molecule has 0 radical (unpaired) electrons. The number of nitro groups is 1. The molecule has 2 aromatic rings. The van der Waals surface area contributed by atoms with Crippen molar-refractivity contribution in [3.63, 3.8) is 0 Å². The lowest BCUT2D eigenvalue weighted by Gasteiger charge is -2.04. The van der Waals surface area contributed by atoms with Gasteiger partial charge < -0.3 is 4.57 Å². The molecule has 90 valence electrons. The molecule has 2 rings (SSSR count). The second-order valence-electron chi connectivity index (χ2n) is 3.58. The molecule has 0 aliphatic heterocycles. The van der Waals surface area contributed by atoms with Crippen molar-refractivity contribution in [2.75, 3.05) is 0 Å². The minimum absolute atomic E-state index is 0.161. The highest BCUT2D eigenvalue weighted by atomic mass is 16.6. The Kier molecular flexibility index (Phi) is 2.30. The van der Waals surface area contributed by atoms with Gasteiger partial charge in [0.1, 0.15) is 0 Å². The van der Waals surface area contributed by atoms with E-state index in [4.69, 9.17) is 0 Å². The summed E-state index contributed by atoms with van der Waals surface area (Å²) in [5.41, 5.74) is -1.09. The van der Waals surface area contributed by atoms with E-state index in [-0.39, 0.29) is 11.2 Å². The molecule has 9 nitrogen and oxygen atoms in total. The molecule has 0 spiro atoms. The zero-order chi connectivity index (χ0) is 12.7. The van der Waals surface area contributed by atoms with Gasteiger partial charge in [-0.2, -0.15) is 4.57 Å². The van der Waals surface area contributed by atoms with Crippen LogP contribution in [0.15, 0.2) is 15.9 Å². The second-order valence-corrected chi connectivity index (χ2v) is 3.58. The number of hydrogen-bond acceptors (Lipinski definition) is 5. The lowest BCUT2D eigenvalue weighted by Crippen LogP contribution is -2.41. The molecule has 0 saturated carbocycles. The molecular weight excluding hydrogens is 230 g/mol. The number of aromatic nitrogens is 4. The first kappa shape index (κ1) is 11.0. The molecule has 0 N–H and O–H groups in total. The molecule has 0 aromatic carbocycles. The summed E-state index contributed by atoms with van der Waals surface area (Å²) < 4.78 is 3.11. The predicted molar refractivity (Wildman–Crippen MR) is 57.2 cm³/mol. The summed E-state index contributed by atoms with van der Waals surface area (Å²) in [6.07, 6.45) is 1.38. The highest BCUT2D eigenvalue weighted by Crippen LogP contribution is 2.02. The summed E-state index contributed by atoms with van der Waals surface area (Å²) in [4.78, 5) is 37.2. The van der Waals surface area contributed by atoms with Crippen molar-refractivity contribution >= 4 is 11.2 Å². The Morgan fingerprint density at radius 1 is 1.41 bits per heavy atom. The average molecular weight is 239 g/mol. The first-order chi connectivity index (χ1) is 7.93. The van der Waals surface area contributed by atoms with Crippen LogP contribution in [0.1, 0.15) is 0 Å². The lowest BCUT2D eigenvalue weighted by atomic mass is 10.5. The van der Waals surface area contributed by atoms with Crippen LogP contribution in [0.3, 0.4) is 0 Å². The minimum Gasteiger partial charge on any atom is -0.328 e. The van der Waals surface area contributed by atoms with Gasteiger partial charge in [-0.1, -0.05) is 0 Å². The highest BCUT2D eigenvalue weighted by Gasteiger charge is 2.17. The van der Waals surface area contributed by atoms with Gasteiger partial charge in [0.05, 0.1) is 6.33 Å². The number of nitrogens with zero attached hydrogens (tertiary/aromatic N) is 5. The standard InChI is InChI=1S/C8H9N5O4/c1-10-3-9-6-5(10)7(14)12(4-13(16)17)8(15)11(6)2/h3H,4H2,1-2H3. The minimum atomic E-state index is -0.855. The number of imidazole rings is 1. The third-order valence-corrected chi connectivity index (χ3v) is 2.46. The van der Waals surface area contributed by atoms with Crippen LogP contribution in [0.2, 0.25) is 0 Å². The third kappa shape index (κ3) is 1.51. The Bertz CT molecular complexity index is 722. The van der Waals surface area contributed by atoms with Crippen LogP contribution >= 0.6 is 0 Å². The van der Waals surface area contributed by atoms with Crippen LogP contribution in [0.5, 0.6) is 0 Å². The Hall–Kier alpha value is -2.45. The van der Waals surface area contributed by atoms with Crippen molar-refractivity contribution in [2.24, 2.45) is 14.1 Å². The van der Waals surface area contributed by atoms with E-state index in [2.05, 4.69) is 4.98 Å². The zero-order valence-electron chi connectivity index (χ0n) is 9.15. The van der Waals surface area contributed by atoms with Gasteiger partial charge in [-0.05, 0) is 0 Å². The molecule has 0 amide bonds. The molecule has 0 fully saturated rings. The van der Waals surface area contributed by atoms with Crippen LogP contribution in [0, 0.1) is 10.1 Å². The fourth-order valence-corrected chi connectivity index (χ4v) is 1.64. The van der Waals surface area contributed by atoms with E-state index in [1.807, 2.05) is 0 Å². The zero-order valence-corrected chi connectivity index (χ0v) is 9.15. The first-order valence-corrected chi connectivity index (χ1v) is 4.66. The molecule has 0 aliphatic rings. The Morgan fingerprint density at radius 3 is 2.65 bits per heavy atom. The van der Waals surface area contributed by atoms with E-state index < -0.39 is 22.8 Å². The van der Waals surface area contributed by atoms with Crippen molar-refractivity contribution in [3.05, 3.63) is 37.3 Å². The topological polar surface area (TPSA) is 105 Å². The molecule has 0 saturated heterocycles. The quantitative estimate of drug-likeness (QED) is 0.476. The van der Waals surface area contributed by atoms with Crippen LogP contribution in [-0.4, -0.2) is 23.6 Å². The fraction of sp³-hybridized carbons (Fsp3) is 0.375. The predicted octanol–water partition coefficient (Wildman–Crippen LogP) is -1.33. The number of hydrogen-bond donors (Lipinski definition) is 0. The van der Waals surface area contributed by atoms with Gasteiger partial charge >= 0.3 is 5.69 Å².